The Hall–Kier alpha value is -0.600. The zero-order chi connectivity index (χ0) is 11.4. The molecule has 2 nitrogen and oxygen atoms in total. The van der Waals surface area contributed by atoms with Crippen LogP contribution in [0, 0.1) is 6.92 Å². The van der Waals surface area contributed by atoms with E-state index in [2.05, 4.69) is 22.0 Å². The van der Waals surface area contributed by atoms with Crippen LogP contribution in [0.5, 0.6) is 0 Å². The number of halogens is 1. The quantitative estimate of drug-likeness (QED) is 0.734. The van der Waals surface area contributed by atoms with Crippen molar-refractivity contribution in [1.82, 2.24) is 9.88 Å². The minimum absolute atomic E-state index is 0.711. The number of pyridine rings is 1. The van der Waals surface area contributed by atoms with Gasteiger partial charge >= 0.3 is 0 Å². The van der Waals surface area contributed by atoms with E-state index in [1.807, 2.05) is 13.0 Å². The molecule has 1 aromatic rings. The standard InChI is InChI=1S/C13H19ClN2/c1-11-4-2-5-12(15-11)10-16(9-8-14)13-6-3-7-13/h2,4-5,13H,3,6-10H2,1H3. The van der Waals surface area contributed by atoms with Gasteiger partial charge in [-0.05, 0) is 31.9 Å². The summed E-state index contributed by atoms with van der Waals surface area (Å²) in [6.07, 6.45) is 4.01. The second kappa shape index (κ2) is 5.65. The minimum Gasteiger partial charge on any atom is -0.293 e. The Labute approximate surface area is 103 Å². The molecule has 0 spiro atoms. The third-order valence-electron chi connectivity index (χ3n) is 3.27. The summed E-state index contributed by atoms with van der Waals surface area (Å²) in [4.78, 5) is 7.02. The van der Waals surface area contributed by atoms with Gasteiger partial charge in [0.1, 0.15) is 0 Å². The fourth-order valence-electron chi connectivity index (χ4n) is 2.15. The van der Waals surface area contributed by atoms with Crippen molar-refractivity contribution in [3.8, 4) is 0 Å². The highest BCUT2D eigenvalue weighted by Gasteiger charge is 2.24. The molecule has 3 heteroatoms. The monoisotopic (exact) mass is 238 g/mol. The fourth-order valence-corrected chi connectivity index (χ4v) is 2.36. The molecule has 0 unspecified atom stereocenters. The van der Waals surface area contributed by atoms with Crippen LogP contribution in [0.1, 0.15) is 30.7 Å². The number of aryl methyl sites for hydroxylation is 1. The van der Waals surface area contributed by atoms with Crippen LogP contribution in [-0.4, -0.2) is 28.4 Å². The van der Waals surface area contributed by atoms with E-state index in [1.165, 1.54) is 19.3 Å². The Kier molecular flexibility index (Phi) is 4.19. The van der Waals surface area contributed by atoms with Crippen LogP contribution in [0.2, 0.25) is 0 Å². The molecule has 0 aromatic carbocycles. The Morgan fingerprint density at radius 1 is 1.44 bits per heavy atom. The molecule has 0 radical (unpaired) electrons. The average molecular weight is 239 g/mol. The van der Waals surface area contributed by atoms with E-state index in [1.54, 1.807) is 0 Å². The highest BCUT2D eigenvalue weighted by molar-refractivity contribution is 6.18. The summed E-state index contributed by atoms with van der Waals surface area (Å²) in [6.45, 7) is 3.96. The molecule has 0 atom stereocenters. The number of hydrogen-bond donors (Lipinski definition) is 0. The number of aromatic nitrogens is 1. The van der Waals surface area contributed by atoms with E-state index in [0.29, 0.717) is 5.88 Å². The van der Waals surface area contributed by atoms with Gasteiger partial charge in [-0.15, -0.1) is 11.6 Å². The Balaban J connectivity index is 1.98. The second-order valence-corrected chi connectivity index (χ2v) is 4.89. The molecule has 2 rings (SSSR count). The smallest absolute Gasteiger partial charge is 0.0547 e. The summed E-state index contributed by atoms with van der Waals surface area (Å²) in [5.41, 5.74) is 2.26. The normalized spacial score (nSPS) is 16.4. The van der Waals surface area contributed by atoms with Crippen molar-refractivity contribution in [3.63, 3.8) is 0 Å². The van der Waals surface area contributed by atoms with Gasteiger partial charge < -0.3 is 0 Å². The summed E-state index contributed by atoms with van der Waals surface area (Å²) < 4.78 is 0. The van der Waals surface area contributed by atoms with Gasteiger partial charge in [0, 0.05) is 30.7 Å². The third-order valence-corrected chi connectivity index (χ3v) is 3.44. The van der Waals surface area contributed by atoms with Crippen molar-refractivity contribution >= 4 is 11.6 Å². The Bertz CT molecular complexity index is 336. The molecule has 1 saturated carbocycles. The topological polar surface area (TPSA) is 16.1 Å². The lowest BCUT2D eigenvalue weighted by atomic mass is 9.91. The van der Waals surface area contributed by atoms with Crippen molar-refractivity contribution in [3.05, 3.63) is 29.6 Å². The Morgan fingerprint density at radius 3 is 2.81 bits per heavy atom. The minimum atomic E-state index is 0.711. The van der Waals surface area contributed by atoms with Gasteiger partial charge in [0.2, 0.25) is 0 Å². The molecular formula is C13H19ClN2. The van der Waals surface area contributed by atoms with E-state index in [-0.39, 0.29) is 0 Å². The molecule has 0 bridgehead atoms. The van der Waals surface area contributed by atoms with Crippen molar-refractivity contribution in [2.75, 3.05) is 12.4 Å². The zero-order valence-corrected chi connectivity index (χ0v) is 10.6. The van der Waals surface area contributed by atoms with E-state index < -0.39 is 0 Å². The summed E-state index contributed by atoms with van der Waals surface area (Å²) in [5.74, 6) is 0.711. The molecule has 88 valence electrons. The van der Waals surface area contributed by atoms with Crippen LogP contribution in [-0.2, 0) is 6.54 Å². The first-order chi connectivity index (χ1) is 7.79. The predicted octanol–water partition coefficient (Wildman–Crippen LogP) is 2.98. The predicted molar refractivity (Wildman–Crippen MR) is 67.7 cm³/mol. The molecule has 16 heavy (non-hydrogen) atoms. The molecule has 0 N–H and O–H groups in total. The van der Waals surface area contributed by atoms with E-state index in [4.69, 9.17) is 11.6 Å². The van der Waals surface area contributed by atoms with Crippen molar-refractivity contribution in [2.24, 2.45) is 0 Å². The van der Waals surface area contributed by atoms with Crippen molar-refractivity contribution < 1.29 is 0 Å². The largest absolute Gasteiger partial charge is 0.293 e. The maximum absolute atomic E-state index is 5.86. The van der Waals surface area contributed by atoms with Gasteiger partial charge in [0.25, 0.3) is 0 Å². The highest BCUT2D eigenvalue weighted by atomic mass is 35.5. The van der Waals surface area contributed by atoms with Crippen LogP contribution < -0.4 is 0 Å². The van der Waals surface area contributed by atoms with Gasteiger partial charge in [-0.25, -0.2) is 0 Å². The maximum atomic E-state index is 5.86. The Morgan fingerprint density at radius 2 is 2.25 bits per heavy atom. The van der Waals surface area contributed by atoms with Crippen LogP contribution in [0.25, 0.3) is 0 Å². The summed E-state index contributed by atoms with van der Waals surface area (Å²) >= 11 is 5.86. The van der Waals surface area contributed by atoms with Crippen LogP contribution in [0.4, 0.5) is 0 Å². The van der Waals surface area contributed by atoms with Gasteiger partial charge in [-0.1, -0.05) is 12.5 Å². The summed E-state index contributed by atoms with van der Waals surface area (Å²) in [5, 5.41) is 0. The highest BCUT2D eigenvalue weighted by Crippen LogP contribution is 2.25. The van der Waals surface area contributed by atoms with Gasteiger partial charge in [0.05, 0.1) is 5.69 Å². The molecule has 0 saturated heterocycles. The lowest BCUT2D eigenvalue weighted by Gasteiger charge is -2.37. The molecular weight excluding hydrogens is 220 g/mol. The van der Waals surface area contributed by atoms with E-state index in [9.17, 15) is 0 Å². The number of rotatable bonds is 5. The first-order valence-electron chi connectivity index (χ1n) is 6.02. The van der Waals surface area contributed by atoms with Crippen LogP contribution in [0.3, 0.4) is 0 Å². The lowest BCUT2D eigenvalue weighted by Crippen LogP contribution is -2.40. The number of nitrogens with zero attached hydrogens (tertiary/aromatic N) is 2. The second-order valence-electron chi connectivity index (χ2n) is 4.51. The summed E-state index contributed by atoms with van der Waals surface area (Å²) in [7, 11) is 0. The van der Waals surface area contributed by atoms with Gasteiger partial charge in [-0.3, -0.25) is 9.88 Å². The molecule has 0 amide bonds. The summed E-state index contributed by atoms with van der Waals surface area (Å²) in [6, 6.07) is 6.96. The van der Waals surface area contributed by atoms with E-state index in [0.717, 1.165) is 30.5 Å². The fraction of sp³-hybridized carbons (Fsp3) is 0.615. The van der Waals surface area contributed by atoms with Crippen molar-refractivity contribution in [2.45, 2.75) is 38.8 Å². The van der Waals surface area contributed by atoms with Gasteiger partial charge in [0.15, 0.2) is 0 Å². The molecule has 1 aliphatic rings. The maximum Gasteiger partial charge on any atom is 0.0547 e. The first kappa shape index (κ1) is 11.9. The number of hydrogen-bond acceptors (Lipinski definition) is 2. The van der Waals surface area contributed by atoms with Gasteiger partial charge in [-0.2, -0.15) is 0 Å². The molecule has 1 heterocycles. The SMILES string of the molecule is Cc1cccc(CN(CCCl)C2CCC2)n1. The molecule has 1 fully saturated rings. The average Bonchev–Trinajstić information content (AvgIpc) is 2.15. The molecule has 1 aliphatic carbocycles. The molecule has 0 aliphatic heterocycles. The van der Waals surface area contributed by atoms with Crippen LogP contribution in [0.15, 0.2) is 18.2 Å². The lowest BCUT2D eigenvalue weighted by molar-refractivity contribution is 0.126. The number of alkyl halides is 1. The van der Waals surface area contributed by atoms with Crippen molar-refractivity contribution in [1.29, 1.82) is 0 Å². The zero-order valence-electron chi connectivity index (χ0n) is 9.82. The van der Waals surface area contributed by atoms with E-state index >= 15 is 0 Å². The first-order valence-corrected chi connectivity index (χ1v) is 6.55. The van der Waals surface area contributed by atoms with Crippen LogP contribution >= 0.6 is 11.6 Å². The molecule has 1 aromatic heterocycles. The third kappa shape index (κ3) is 2.96.